The van der Waals surface area contributed by atoms with Crippen LogP contribution in [-0.4, -0.2) is 22.2 Å². The number of allylic oxidation sites excluding steroid dienone is 2. The minimum absolute atomic E-state index is 0.0957. The molecular formula is C13H22O4. The number of carboxylic acids is 2. The van der Waals surface area contributed by atoms with E-state index in [-0.39, 0.29) is 6.42 Å². The summed E-state index contributed by atoms with van der Waals surface area (Å²) in [6.07, 6.45) is 7.59. The second-order valence-corrected chi connectivity index (χ2v) is 4.33. The summed E-state index contributed by atoms with van der Waals surface area (Å²) in [5, 5.41) is 17.5. The van der Waals surface area contributed by atoms with Crippen molar-refractivity contribution in [3.8, 4) is 0 Å². The van der Waals surface area contributed by atoms with Gasteiger partial charge in [-0.3, -0.25) is 9.59 Å². The summed E-state index contributed by atoms with van der Waals surface area (Å²) < 4.78 is 0. The van der Waals surface area contributed by atoms with Gasteiger partial charge >= 0.3 is 11.9 Å². The number of aliphatic carboxylic acids is 2. The van der Waals surface area contributed by atoms with E-state index >= 15 is 0 Å². The van der Waals surface area contributed by atoms with Crippen molar-refractivity contribution in [2.75, 3.05) is 0 Å². The predicted molar refractivity (Wildman–Crippen MR) is 65.9 cm³/mol. The zero-order valence-corrected chi connectivity index (χ0v) is 10.6. The van der Waals surface area contributed by atoms with Crippen molar-refractivity contribution >= 4 is 11.9 Å². The highest BCUT2D eigenvalue weighted by Crippen LogP contribution is 2.14. The van der Waals surface area contributed by atoms with Gasteiger partial charge in [0.05, 0.1) is 0 Å². The topological polar surface area (TPSA) is 74.6 Å². The monoisotopic (exact) mass is 242 g/mol. The summed E-state index contributed by atoms with van der Waals surface area (Å²) in [6, 6.07) is 0. The molecule has 0 saturated carbocycles. The summed E-state index contributed by atoms with van der Waals surface area (Å²) in [5.74, 6) is -3.85. The van der Waals surface area contributed by atoms with Crippen LogP contribution in [0.5, 0.6) is 0 Å². The zero-order valence-electron chi connectivity index (χ0n) is 10.6. The molecule has 17 heavy (non-hydrogen) atoms. The third-order valence-corrected chi connectivity index (χ3v) is 2.67. The van der Waals surface area contributed by atoms with Gasteiger partial charge in [0, 0.05) is 0 Å². The summed E-state index contributed by atoms with van der Waals surface area (Å²) in [4.78, 5) is 21.4. The van der Waals surface area contributed by atoms with Gasteiger partial charge in [0.15, 0.2) is 5.92 Å². The summed E-state index contributed by atoms with van der Waals surface area (Å²) in [7, 11) is 0. The molecule has 0 aromatic rings. The Labute approximate surface area is 102 Å². The van der Waals surface area contributed by atoms with Crippen LogP contribution < -0.4 is 0 Å². The van der Waals surface area contributed by atoms with Gasteiger partial charge < -0.3 is 10.2 Å². The maximum atomic E-state index is 10.7. The summed E-state index contributed by atoms with van der Waals surface area (Å²) >= 11 is 0. The van der Waals surface area contributed by atoms with Gasteiger partial charge in [0.1, 0.15) is 0 Å². The number of carboxylic acid groups (broad SMARTS) is 2. The molecule has 0 atom stereocenters. The van der Waals surface area contributed by atoms with Gasteiger partial charge in [-0.2, -0.15) is 0 Å². The molecular weight excluding hydrogens is 220 g/mol. The van der Waals surface area contributed by atoms with Crippen LogP contribution in [0.4, 0.5) is 0 Å². The van der Waals surface area contributed by atoms with E-state index in [0.29, 0.717) is 0 Å². The second-order valence-electron chi connectivity index (χ2n) is 4.33. The van der Waals surface area contributed by atoms with Crippen LogP contribution >= 0.6 is 0 Å². The van der Waals surface area contributed by atoms with E-state index in [0.717, 1.165) is 18.4 Å². The number of unbranched alkanes of at least 4 members (excludes halogenated alkanes) is 4. The van der Waals surface area contributed by atoms with Gasteiger partial charge in [0.25, 0.3) is 0 Å². The molecule has 4 heteroatoms. The highest BCUT2D eigenvalue weighted by Gasteiger charge is 2.25. The molecule has 0 spiro atoms. The Bertz CT molecular complexity index is 267. The molecule has 0 aromatic heterocycles. The van der Waals surface area contributed by atoms with Crippen LogP contribution in [0.25, 0.3) is 0 Å². The van der Waals surface area contributed by atoms with E-state index in [4.69, 9.17) is 10.2 Å². The van der Waals surface area contributed by atoms with Gasteiger partial charge in [-0.05, 0) is 26.2 Å². The first-order valence-electron chi connectivity index (χ1n) is 6.10. The Kier molecular flexibility index (Phi) is 8.11. The van der Waals surface area contributed by atoms with Crippen molar-refractivity contribution in [3.05, 3.63) is 11.6 Å². The highest BCUT2D eigenvalue weighted by molar-refractivity contribution is 5.93. The fraction of sp³-hybridized carbons (Fsp3) is 0.692. The van der Waals surface area contributed by atoms with Crippen LogP contribution in [-0.2, 0) is 9.59 Å². The first-order valence-corrected chi connectivity index (χ1v) is 6.10. The quantitative estimate of drug-likeness (QED) is 0.370. The molecule has 98 valence electrons. The molecule has 4 nitrogen and oxygen atoms in total. The number of hydrogen-bond donors (Lipinski definition) is 2. The average molecular weight is 242 g/mol. The zero-order chi connectivity index (χ0) is 13.3. The fourth-order valence-electron chi connectivity index (χ4n) is 1.61. The minimum Gasteiger partial charge on any atom is -0.481 e. The van der Waals surface area contributed by atoms with E-state index in [2.05, 4.69) is 6.92 Å². The van der Waals surface area contributed by atoms with Crippen molar-refractivity contribution in [1.82, 2.24) is 0 Å². The van der Waals surface area contributed by atoms with Crippen LogP contribution in [0, 0.1) is 5.92 Å². The third-order valence-electron chi connectivity index (χ3n) is 2.67. The summed E-state index contributed by atoms with van der Waals surface area (Å²) in [6.45, 7) is 3.93. The predicted octanol–water partition coefficient (Wildman–Crippen LogP) is 3.08. The van der Waals surface area contributed by atoms with Crippen molar-refractivity contribution in [1.29, 1.82) is 0 Å². The molecule has 0 amide bonds. The highest BCUT2D eigenvalue weighted by atomic mass is 16.4. The molecule has 0 aliphatic heterocycles. The molecule has 0 bridgehead atoms. The third kappa shape index (κ3) is 7.55. The molecule has 0 saturated heterocycles. The van der Waals surface area contributed by atoms with Gasteiger partial charge in [-0.25, -0.2) is 0 Å². The number of carbonyl (C=O) groups is 2. The lowest BCUT2D eigenvalue weighted by atomic mass is 9.99. The van der Waals surface area contributed by atoms with Gasteiger partial charge in [-0.1, -0.05) is 37.8 Å². The molecule has 0 aromatic carbocycles. The Morgan fingerprint density at radius 2 is 1.71 bits per heavy atom. The van der Waals surface area contributed by atoms with Crippen LogP contribution in [0.2, 0.25) is 0 Å². The fourth-order valence-corrected chi connectivity index (χ4v) is 1.61. The Hall–Kier alpha value is -1.32. The first kappa shape index (κ1) is 15.7. The van der Waals surface area contributed by atoms with Crippen LogP contribution in [0.3, 0.4) is 0 Å². The van der Waals surface area contributed by atoms with Crippen molar-refractivity contribution in [2.24, 2.45) is 5.92 Å². The lowest BCUT2D eigenvalue weighted by Gasteiger charge is -2.07. The Balaban J connectivity index is 4.04. The molecule has 2 N–H and O–H groups in total. The standard InChI is InChI=1S/C13H22O4/c1-3-4-5-6-7-8-10(2)9-11(12(14)15)13(16)17/h8,11H,3-7,9H2,1-2H3,(H,14,15)(H,16,17). The lowest BCUT2D eigenvalue weighted by molar-refractivity contribution is -0.154. The molecule has 0 aliphatic carbocycles. The largest absolute Gasteiger partial charge is 0.481 e. The van der Waals surface area contributed by atoms with Crippen molar-refractivity contribution < 1.29 is 19.8 Å². The maximum absolute atomic E-state index is 10.7. The molecule has 0 rings (SSSR count). The van der Waals surface area contributed by atoms with E-state index in [1.165, 1.54) is 19.3 Å². The van der Waals surface area contributed by atoms with Crippen LogP contribution in [0.15, 0.2) is 11.6 Å². The van der Waals surface area contributed by atoms with E-state index in [1.54, 1.807) is 6.92 Å². The molecule has 0 radical (unpaired) electrons. The lowest BCUT2D eigenvalue weighted by Crippen LogP contribution is -2.23. The Morgan fingerprint density at radius 1 is 1.12 bits per heavy atom. The average Bonchev–Trinajstić information content (AvgIpc) is 2.24. The van der Waals surface area contributed by atoms with Crippen LogP contribution in [0.1, 0.15) is 52.4 Å². The molecule has 0 aliphatic rings. The minimum atomic E-state index is -1.32. The second kappa shape index (κ2) is 8.79. The molecule has 0 unspecified atom stereocenters. The SMILES string of the molecule is CCCCCCC=C(C)CC(C(=O)O)C(=O)O. The van der Waals surface area contributed by atoms with Crippen molar-refractivity contribution in [3.63, 3.8) is 0 Å². The molecule has 0 heterocycles. The molecule has 0 fully saturated rings. The van der Waals surface area contributed by atoms with E-state index in [9.17, 15) is 9.59 Å². The number of rotatable bonds is 9. The smallest absolute Gasteiger partial charge is 0.318 e. The maximum Gasteiger partial charge on any atom is 0.318 e. The van der Waals surface area contributed by atoms with E-state index < -0.39 is 17.9 Å². The van der Waals surface area contributed by atoms with Crippen molar-refractivity contribution in [2.45, 2.75) is 52.4 Å². The Morgan fingerprint density at radius 3 is 2.18 bits per heavy atom. The van der Waals surface area contributed by atoms with Gasteiger partial charge in [-0.15, -0.1) is 0 Å². The summed E-state index contributed by atoms with van der Waals surface area (Å²) in [5.41, 5.74) is 0.844. The first-order chi connectivity index (χ1) is 7.99. The van der Waals surface area contributed by atoms with E-state index in [1.807, 2.05) is 6.08 Å². The number of hydrogen-bond acceptors (Lipinski definition) is 2. The normalized spacial score (nSPS) is 11.8. The van der Waals surface area contributed by atoms with Gasteiger partial charge in [0.2, 0.25) is 0 Å².